The first-order chi connectivity index (χ1) is 9.38. The number of benzene rings is 1. The number of carbonyl (C=O) groups is 2. The average molecular weight is 275 g/mol. The van der Waals surface area contributed by atoms with Gasteiger partial charge in [0, 0.05) is 25.4 Å². The van der Waals surface area contributed by atoms with E-state index in [0.717, 1.165) is 0 Å². The molecule has 1 saturated heterocycles. The fourth-order valence-electron chi connectivity index (χ4n) is 2.47. The minimum Gasteiger partial charge on any atom is -0.410 e. The summed E-state index contributed by atoms with van der Waals surface area (Å²) in [4.78, 5) is 25.7. The monoisotopic (exact) mass is 275 g/mol. The molecule has 2 rings (SSSR count). The molecule has 1 aliphatic rings. The minimum atomic E-state index is -0.372. The molecule has 0 spiro atoms. The minimum absolute atomic E-state index is 0.111. The fraction of sp³-hybridized carbons (Fsp3) is 0.500. The predicted octanol–water partition coefficient (Wildman–Crippen LogP) is 3.27. The maximum absolute atomic E-state index is 12.3. The van der Waals surface area contributed by atoms with Crippen LogP contribution in [0.5, 0.6) is 5.75 Å². The Kier molecular flexibility index (Phi) is 4.12. The number of amides is 1. The average Bonchev–Trinajstić information content (AvgIpc) is 2.38. The van der Waals surface area contributed by atoms with E-state index < -0.39 is 0 Å². The summed E-state index contributed by atoms with van der Waals surface area (Å²) in [5.41, 5.74) is -0.147. The smallest absolute Gasteiger partial charge is 0.410 e. The van der Waals surface area contributed by atoms with Gasteiger partial charge in [-0.15, -0.1) is 0 Å². The van der Waals surface area contributed by atoms with Crippen molar-refractivity contribution in [2.24, 2.45) is 5.41 Å². The maximum atomic E-state index is 12.3. The molecule has 1 aliphatic heterocycles. The molecule has 1 unspecified atom stereocenters. The van der Waals surface area contributed by atoms with Crippen molar-refractivity contribution < 1.29 is 14.3 Å². The lowest BCUT2D eigenvalue weighted by Gasteiger charge is -2.41. The van der Waals surface area contributed by atoms with Gasteiger partial charge >= 0.3 is 6.09 Å². The van der Waals surface area contributed by atoms with Crippen LogP contribution in [0.25, 0.3) is 0 Å². The Balaban J connectivity index is 2.12. The molecule has 1 fully saturated rings. The lowest BCUT2D eigenvalue weighted by atomic mass is 9.80. The first-order valence-electron chi connectivity index (χ1n) is 6.93. The van der Waals surface area contributed by atoms with E-state index in [1.807, 2.05) is 39.0 Å². The van der Waals surface area contributed by atoms with Gasteiger partial charge in [-0.3, -0.25) is 4.79 Å². The zero-order valence-corrected chi connectivity index (χ0v) is 12.3. The molecule has 1 amide bonds. The maximum Gasteiger partial charge on any atom is 0.415 e. The standard InChI is InChI=1S/C16H21NO3/c1-16(2,3)14-11-12(18)9-10-17(14)15(19)20-13-7-5-4-6-8-13/h4-8,14H,9-11H2,1-3H3. The zero-order chi connectivity index (χ0) is 14.8. The first-order valence-corrected chi connectivity index (χ1v) is 6.93. The van der Waals surface area contributed by atoms with Crippen molar-refractivity contribution >= 4 is 11.9 Å². The van der Waals surface area contributed by atoms with Crippen molar-refractivity contribution in [1.29, 1.82) is 0 Å². The number of hydrogen-bond donors (Lipinski definition) is 0. The molecule has 0 aromatic heterocycles. The van der Waals surface area contributed by atoms with Gasteiger partial charge in [-0.05, 0) is 17.5 Å². The van der Waals surface area contributed by atoms with E-state index in [1.165, 1.54) is 0 Å². The zero-order valence-electron chi connectivity index (χ0n) is 12.3. The number of para-hydroxylation sites is 1. The number of hydrogen-bond acceptors (Lipinski definition) is 3. The quantitative estimate of drug-likeness (QED) is 0.790. The number of ether oxygens (including phenoxy) is 1. The molecule has 0 saturated carbocycles. The molecule has 108 valence electrons. The second-order valence-corrected chi connectivity index (χ2v) is 6.25. The van der Waals surface area contributed by atoms with E-state index in [9.17, 15) is 9.59 Å². The summed E-state index contributed by atoms with van der Waals surface area (Å²) in [6.45, 7) is 6.56. The molecule has 0 radical (unpaired) electrons. The van der Waals surface area contributed by atoms with Crippen LogP contribution in [0, 0.1) is 5.41 Å². The third-order valence-electron chi connectivity index (χ3n) is 3.61. The fourth-order valence-corrected chi connectivity index (χ4v) is 2.47. The van der Waals surface area contributed by atoms with Gasteiger partial charge in [0.1, 0.15) is 11.5 Å². The Morgan fingerprint density at radius 1 is 1.25 bits per heavy atom. The molecule has 0 aliphatic carbocycles. The molecule has 1 aromatic carbocycles. The summed E-state index contributed by atoms with van der Waals surface area (Å²) < 4.78 is 5.39. The summed E-state index contributed by atoms with van der Waals surface area (Å²) in [5, 5.41) is 0. The SMILES string of the molecule is CC(C)(C)C1CC(=O)CCN1C(=O)Oc1ccccc1. The van der Waals surface area contributed by atoms with Crippen LogP contribution in [-0.4, -0.2) is 29.4 Å². The molecule has 4 heteroatoms. The van der Waals surface area contributed by atoms with E-state index in [0.29, 0.717) is 25.1 Å². The van der Waals surface area contributed by atoms with Gasteiger partial charge in [-0.1, -0.05) is 39.0 Å². The Hall–Kier alpha value is -1.84. The second-order valence-electron chi connectivity index (χ2n) is 6.25. The van der Waals surface area contributed by atoms with Gasteiger partial charge in [-0.25, -0.2) is 4.79 Å². The third-order valence-corrected chi connectivity index (χ3v) is 3.61. The van der Waals surface area contributed by atoms with Crippen LogP contribution < -0.4 is 4.74 Å². The van der Waals surface area contributed by atoms with Gasteiger partial charge < -0.3 is 9.64 Å². The highest BCUT2D eigenvalue weighted by Gasteiger charge is 2.38. The van der Waals surface area contributed by atoms with Gasteiger partial charge in [0.05, 0.1) is 0 Å². The van der Waals surface area contributed by atoms with E-state index in [4.69, 9.17) is 4.74 Å². The number of carbonyl (C=O) groups excluding carboxylic acids is 2. The largest absolute Gasteiger partial charge is 0.415 e. The lowest BCUT2D eigenvalue weighted by molar-refractivity contribution is -0.124. The van der Waals surface area contributed by atoms with Crippen molar-refractivity contribution in [2.45, 2.75) is 39.7 Å². The summed E-state index contributed by atoms with van der Waals surface area (Å²) in [6, 6.07) is 8.90. The Labute approximate surface area is 119 Å². The van der Waals surface area contributed by atoms with Crippen LogP contribution in [0.2, 0.25) is 0 Å². The highest BCUT2D eigenvalue weighted by molar-refractivity contribution is 5.82. The van der Waals surface area contributed by atoms with Crippen molar-refractivity contribution in [3.05, 3.63) is 30.3 Å². The van der Waals surface area contributed by atoms with Gasteiger partial charge in [0.2, 0.25) is 0 Å². The number of ketones is 1. The molecule has 1 atom stereocenters. The molecule has 0 N–H and O–H groups in total. The lowest BCUT2D eigenvalue weighted by Crippen LogP contribution is -2.53. The number of nitrogens with zero attached hydrogens (tertiary/aromatic N) is 1. The van der Waals surface area contributed by atoms with Crippen LogP contribution in [0.1, 0.15) is 33.6 Å². The molecular formula is C16H21NO3. The Morgan fingerprint density at radius 2 is 1.90 bits per heavy atom. The molecule has 1 heterocycles. The Bertz CT molecular complexity index is 490. The van der Waals surface area contributed by atoms with Crippen molar-refractivity contribution in [3.63, 3.8) is 0 Å². The van der Waals surface area contributed by atoms with Crippen molar-refractivity contribution in [1.82, 2.24) is 4.90 Å². The summed E-state index contributed by atoms with van der Waals surface area (Å²) in [6.07, 6.45) is 0.452. The highest BCUT2D eigenvalue weighted by atomic mass is 16.6. The summed E-state index contributed by atoms with van der Waals surface area (Å²) >= 11 is 0. The van der Waals surface area contributed by atoms with Crippen LogP contribution >= 0.6 is 0 Å². The van der Waals surface area contributed by atoms with Crippen LogP contribution in [0.15, 0.2) is 30.3 Å². The molecule has 20 heavy (non-hydrogen) atoms. The number of Topliss-reactive ketones (excluding diaryl/α,β-unsaturated/α-hetero) is 1. The van der Waals surface area contributed by atoms with Gasteiger partial charge in [0.25, 0.3) is 0 Å². The number of piperidine rings is 1. The third kappa shape index (κ3) is 3.38. The summed E-state index contributed by atoms with van der Waals surface area (Å²) in [7, 11) is 0. The highest BCUT2D eigenvalue weighted by Crippen LogP contribution is 2.31. The van der Waals surface area contributed by atoms with E-state index in [2.05, 4.69) is 0 Å². The Morgan fingerprint density at radius 3 is 2.50 bits per heavy atom. The molecule has 1 aromatic rings. The number of rotatable bonds is 1. The van der Waals surface area contributed by atoms with Crippen molar-refractivity contribution in [3.8, 4) is 5.75 Å². The van der Waals surface area contributed by atoms with Gasteiger partial charge in [0.15, 0.2) is 0 Å². The van der Waals surface area contributed by atoms with Gasteiger partial charge in [-0.2, -0.15) is 0 Å². The topological polar surface area (TPSA) is 46.6 Å². The molecular weight excluding hydrogens is 254 g/mol. The van der Waals surface area contributed by atoms with E-state index >= 15 is 0 Å². The first kappa shape index (κ1) is 14.6. The van der Waals surface area contributed by atoms with Crippen LogP contribution in [-0.2, 0) is 4.79 Å². The van der Waals surface area contributed by atoms with Crippen LogP contribution in [0.3, 0.4) is 0 Å². The molecule has 4 nitrogen and oxygen atoms in total. The second kappa shape index (κ2) is 5.65. The normalized spacial score (nSPS) is 19.9. The van der Waals surface area contributed by atoms with E-state index in [-0.39, 0.29) is 23.3 Å². The number of likely N-dealkylation sites (tertiary alicyclic amines) is 1. The predicted molar refractivity (Wildman–Crippen MR) is 76.7 cm³/mol. The van der Waals surface area contributed by atoms with E-state index in [1.54, 1.807) is 17.0 Å². The summed E-state index contributed by atoms with van der Waals surface area (Å²) in [5.74, 6) is 0.746. The molecule has 0 bridgehead atoms. The van der Waals surface area contributed by atoms with Crippen LogP contribution in [0.4, 0.5) is 4.79 Å². The van der Waals surface area contributed by atoms with Crippen molar-refractivity contribution in [2.75, 3.05) is 6.54 Å².